The molecule has 4 nitrogen and oxygen atoms in total. The number of thioether (sulfide) groups is 1. The highest BCUT2D eigenvalue weighted by Gasteiger charge is 2.06. The van der Waals surface area contributed by atoms with E-state index in [9.17, 15) is 0 Å². The van der Waals surface area contributed by atoms with Gasteiger partial charge in [0.05, 0.1) is 5.75 Å². The zero-order chi connectivity index (χ0) is 11.4. The molecule has 0 radical (unpaired) electrons. The number of aromatic nitrogens is 3. The van der Waals surface area contributed by atoms with Gasteiger partial charge in [0.2, 0.25) is 5.13 Å². The van der Waals surface area contributed by atoms with Gasteiger partial charge < -0.3 is 5.32 Å². The average molecular weight is 317 g/mol. The molecule has 16 heavy (non-hydrogen) atoms. The third-order valence-electron chi connectivity index (χ3n) is 1.74. The summed E-state index contributed by atoms with van der Waals surface area (Å²) in [6.45, 7) is 0. The van der Waals surface area contributed by atoms with Crippen molar-refractivity contribution < 1.29 is 0 Å². The van der Waals surface area contributed by atoms with Crippen LogP contribution in [0.15, 0.2) is 27.8 Å². The molecule has 0 amide bonds. The summed E-state index contributed by atoms with van der Waals surface area (Å²) in [6.07, 6.45) is 1.78. The fourth-order valence-corrected chi connectivity index (χ4v) is 3.18. The van der Waals surface area contributed by atoms with Crippen LogP contribution in [0, 0.1) is 0 Å². The number of rotatable bonds is 4. The largest absolute Gasteiger partial charge is 0.363 e. The lowest BCUT2D eigenvalue weighted by atomic mass is 10.5. The van der Waals surface area contributed by atoms with Crippen molar-refractivity contribution in [3.8, 4) is 0 Å². The predicted octanol–water partition coefficient (Wildman–Crippen LogP) is 3.03. The Balaban J connectivity index is 1.99. The first-order valence-electron chi connectivity index (χ1n) is 4.53. The second-order valence-electron chi connectivity index (χ2n) is 2.83. The lowest BCUT2D eigenvalue weighted by Crippen LogP contribution is -1.85. The number of nitrogens with one attached hydrogen (secondary N) is 1. The van der Waals surface area contributed by atoms with Crippen molar-refractivity contribution >= 4 is 44.2 Å². The molecule has 0 fully saturated rings. The van der Waals surface area contributed by atoms with E-state index in [4.69, 9.17) is 0 Å². The normalized spacial score (nSPS) is 10.4. The first kappa shape index (κ1) is 11.8. The molecule has 0 aliphatic carbocycles. The Morgan fingerprint density at radius 1 is 1.50 bits per heavy atom. The highest BCUT2D eigenvalue weighted by Crippen LogP contribution is 2.29. The number of halogens is 1. The van der Waals surface area contributed by atoms with Crippen molar-refractivity contribution in [3.05, 3.63) is 27.8 Å². The predicted molar refractivity (Wildman–Crippen MR) is 71.0 cm³/mol. The van der Waals surface area contributed by atoms with E-state index in [1.165, 1.54) is 0 Å². The molecular formula is C9H9BrN4S2. The molecule has 0 aliphatic rings. The van der Waals surface area contributed by atoms with E-state index in [1.54, 1.807) is 29.3 Å². The summed E-state index contributed by atoms with van der Waals surface area (Å²) in [5.41, 5.74) is 0. The topological polar surface area (TPSA) is 50.7 Å². The molecule has 84 valence electrons. The minimum Gasteiger partial charge on any atom is -0.363 e. The Morgan fingerprint density at radius 2 is 2.38 bits per heavy atom. The van der Waals surface area contributed by atoms with Crippen molar-refractivity contribution in [1.82, 2.24) is 15.2 Å². The number of anilines is 1. The molecule has 2 aromatic rings. The zero-order valence-corrected chi connectivity index (χ0v) is 11.7. The molecule has 0 aromatic carbocycles. The Labute approximate surface area is 110 Å². The highest BCUT2D eigenvalue weighted by atomic mass is 79.9. The number of hydrogen-bond donors (Lipinski definition) is 1. The summed E-state index contributed by atoms with van der Waals surface area (Å²) in [7, 11) is 1.84. The van der Waals surface area contributed by atoms with Crippen LogP contribution in [0.3, 0.4) is 0 Å². The molecule has 0 aliphatic heterocycles. The minimum absolute atomic E-state index is 0.787. The second-order valence-corrected chi connectivity index (χ2v) is 5.71. The maximum absolute atomic E-state index is 4.28. The molecule has 0 bridgehead atoms. The van der Waals surface area contributed by atoms with Crippen molar-refractivity contribution in [2.75, 3.05) is 12.4 Å². The first-order valence-corrected chi connectivity index (χ1v) is 7.12. The van der Waals surface area contributed by atoms with Gasteiger partial charge in [0.15, 0.2) is 0 Å². The Morgan fingerprint density at radius 3 is 3.06 bits per heavy atom. The van der Waals surface area contributed by atoms with Crippen LogP contribution in [0.5, 0.6) is 0 Å². The van der Waals surface area contributed by atoms with Crippen LogP contribution in [0.2, 0.25) is 0 Å². The van der Waals surface area contributed by atoms with E-state index in [-0.39, 0.29) is 0 Å². The number of pyridine rings is 1. The average Bonchev–Trinajstić information content (AvgIpc) is 2.76. The molecule has 0 saturated heterocycles. The van der Waals surface area contributed by atoms with E-state index in [1.807, 2.05) is 19.2 Å². The van der Waals surface area contributed by atoms with E-state index in [0.717, 1.165) is 25.4 Å². The van der Waals surface area contributed by atoms with E-state index >= 15 is 0 Å². The van der Waals surface area contributed by atoms with Crippen LogP contribution >= 0.6 is 39.0 Å². The van der Waals surface area contributed by atoms with Gasteiger partial charge in [-0.1, -0.05) is 23.1 Å². The molecule has 2 rings (SSSR count). The van der Waals surface area contributed by atoms with E-state index in [0.29, 0.717) is 0 Å². The van der Waals surface area contributed by atoms with Gasteiger partial charge >= 0.3 is 0 Å². The zero-order valence-electron chi connectivity index (χ0n) is 8.48. The molecule has 0 unspecified atom stereocenters. The molecule has 2 aromatic heterocycles. The van der Waals surface area contributed by atoms with Crippen LogP contribution in [0.4, 0.5) is 5.13 Å². The highest BCUT2D eigenvalue weighted by molar-refractivity contribution is 9.10. The summed E-state index contributed by atoms with van der Waals surface area (Å²) >= 11 is 6.67. The van der Waals surface area contributed by atoms with Gasteiger partial charge in [-0.15, -0.1) is 10.2 Å². The third-order valence-corrected chi connectivity index (χ3v) is 4.78. The van der Waals surface area contributed by atoms with Crippen molar-refractivity contribution in [2.45, 2.75) is 10.8 Å². The SMILES string of the molecule is CNc1nnc(CSc2ncccc2Br)s1. The van der Waals surface area contributed by atoms with Gasteiger partial charge in [0, 0.05) is 17.7 Å². The molecule has 7 heteroatoms. The molecular weight excluding hydrogens is 308 g/mol. The maximum Gasteiger partial charge on any atom is 0.205 e. The van der Waals surface area contributed by atoms with Crippen LogP contribution < -0.4 is 5.32 Å². The van der Waals surface area contributed by atoms with Crippen molar-refractivity contribution in [2.24, 2.45) is 0 Å². The lowest BCUT2D eigenvalue weighted by Gasteiger charge is -1.99. The van der Waals surface area contributed by atoms with Crippen molar-refractivity contribution in [3.63, 3.8) is 0 Å². The maximum atomic E-state index is 4.28. The van der Waals surface area contributed by atoms with Gasteiger partial charge in [-0.3, -0.25) is 0 Å². The molecule has 0 atom stereocenters. The molecule has 2 heterocycles. The standard InChI is InChI=1S/C9H9BrN4S2/c1-11-9-14-13-7(16-9)5-15-8-6(10)3-2-4-12-8/h2-4H,5H2,1H3,(H,11,14). The van der Waals surface area contributed by atoms with Crippen LogP contribution in [0.25, 0.3) is 0 Å². The van der Waals surface area contributed by atoms with Gasteiger partial charge in [-0.25, -0.2) is 4.98 Å². The van der Waals surface area contributed by atoms with Gasteiger partial charge in [-0.2, -0.15) is 0 Å². The summed E-state index contributed by atoms with van der Waals surface area (Å²) in [4.78, 5) is 4.28. The van der Waals surface area contributed by atoms with Crippen LogP contribution in [-0.4, -0.2) is 22.2 Å². The van der Waals surface area contributed by atoms with Gasteiger partial charge in [0.25, 0.3) is 0 Å². The first-order chi connectivity index (χ1) is 7.79. The molecule has 1 N–H and O–H groups in total. The fraction of sp³-hybridized carbons (Fsp3) is 0.222. The van der Waals surface area contributed by atoms with Crippen LogP contribution in [0.1, 0.15) is 5.01 Å². The fourth-order valence-electron chi connectivity index (χ4n) is 1.02. The second kappa shape index (κ2) is 5.60. The monoisotopic (exact) mass is 316 g/mol. The minimum atomic E-state index is 0.787. The van der Waals surface area contributed by atoms with E-state index < -0.39 is 0 Å². The summed E-state index contributed by atoms with van der Waals surface area (Å²) in [5, 5.41) is 13.8. The van der Waals surface area contributed by atoms with Gasteiger partial charge in [0.1, 0.15) is 10.0 Å². The number of hydrogen-bond acceptors (Lipinski definition) is 6. The Hall–Kier alpha value is -0.660. The van der Waals surface area contributed by atoms with Crippen molar-refractivity contribution in [1.29, 1.82) is 0 Å². The quantitative estimate of drug-likeness (QED) is 0.879. The molecule has 0 saturated carbocycles. The lowest BCUT2D eigenvalue weighted by molar-refractivity contribution is 1.04. The molecule has 0 spiro atoms. The van der Waals surface area contributed by atoms with Crippen LogP contribution in [-0.2, 0) is 5.75 Å². The Bertz CT molecular complexity index is 474. The smallest absolute Gasteiger partial charge is 0.205 e. The summed E-state index contributed by atoms with van der Waals surface area (Å²) < 4.78 is 1.01. The number of nitrogens with zero attached hydrogens (tertiary/aromatic N) is 3. The third kappa shape index (κ3) is 2.93. The summed E-state index contributed by atoms with van der Waals surface area (Å²) in [6, 6.07) is 3.88. The summed E-state index contributed by atoms with van der Waals surface area (Å²) in [5.74, 6) is 0.787. The van der Waals surface area contributed by atoms with Gasteiger partial charge in [-0.05, 0) is 28.1 Å². The van der Waals surface area contributed by atoms with E-state index in [2.05, 4.69) is 36.4 Å². The Kier molecular flexibility index (Phi) is 4.14.